The van der Waals surface area contributed by atoms with Crippen molar-refractivity contribution in [2.45, 2.75) is 24.5 Å². The third-order valence-electron chi connectivity index (χ3n) is 2.54. The predicted octanol–water partition coefficient (Wildman–Crippen LogP) is 1.93. The second-order valence-corrected chi connectivity index (χ2v) is 6.29. The highest BCUT2D eigenvalue weighted by Crippen LogP contribution is 2.30. The molecule has 1 rings (SSSR count). The third kappa shape index (κ3) is 3.68. The molecular weight excluding hydrogens is 285 g/mol. The van der Waals surface area contributed by atoms with Gasteiger partial charge in [-0.2, -0.15) is 21.6 Å². The lowest BCUT2D eigenvalue weighted by Crippen LogP contribution is -2.38. The zero-order valence-electron chi connectivity index (χ0n) is 10.2. The van der Waals surface area contributed by atoms with Gasteiger partial charge >= 0.3 is 6.18 Å². The number of alkyl halides is 3. The van der Waals surface area contributed by atoms with Gasteiger partial charge in [0.25, 0.3) is 10.1 Å². The van der Waals surface area contributed by atoms with Gasteiger partial charge in [0.2, 0.25) is 0 Å². The second kappa shape index (κ2) is 5.10. The zero-order chi connectivity index (χ0) is 14.9. The Bertz CT molecular complexity index is 549. The van der Waals surface area contributed by atoms with E-state index >= 15 is 0 Å². The fraction of sp³-hybridized carbons (Fsp3) is 0.455. The van der Waals surface area contributed by atoms with Gasteiger partial charge in [0.1, 0.15) is 0 Å². The molecule has 0 spiro atoms. The Morgan fingerprint density at radius 2 is 1.89 bits per heavy atom. The van der Waals surface area contributed by atoms with Crippen molar-refractivity contribution < 1.29 is 30.9 Å². The summed E-state index contributed by atoms with van der Waals surface area (Å²) in [7, 11) is -3.40. The summed E-state index contributed by atoms with van der Waals surface area (Å²) in [6.45, 7) is 0.964. The maximum atomic E-state index is 12.5. The summed E-state index contributed by atoms with van der Waals surface area (Å²) in [5, 5.41) is 9.80. The summed E-state index contributed by atoms with van der Waals surface area (Å²) < 4.78 is 64.5. The number of rotatable bonds is 4. The molecule has 0 heterocycles. The monoisotopic (exact) mass is 298 g/mol. The smallest absolute Gasteiger partial charge is 0.372 e. The number of halogens is 3. The van der Waals surface area contributed by atoms with Crippen LogP contribution in [0.1, 0.15) is 18.1 Å². The first kappa shape index (κ1) is 15.9. The molecule has 1 aromatic rings. The van der Waals surface area contributed by atoms with Gasteiger partial charge in [-0.05, 0) is 18.6 Å². The van der Waals surface area contributed by atoms with E-state index < -0.39 is 33.2 Å². The summed E-state index contributed by atoms with van der Waals surface area (Å²) in [6.07, 6.45) is -5.03. The molecule has 8 heteroatoms. The van der Waals surface area contributed by atoms with E-state index in [2.05, 4.69) is 4.18 Å². The Labute approximate surface area is 108 Å². The van der Waals surface area contributed by atoms with Crippen molar-refractivity contribution in [2.75, 3.05) is 7.11 Å². The Balaban J connectivity index is 3.08. The van der Waals surface area contributed by atoms with E-state index in [0.717, 1.165) is 32.2 Å². The number of hydrogen-bond acceptors (Lipinski definition) is 4. The molecule has 1 N–H and O–H groups in total. The molecule has 4 nitrogen and oxygen atoms in total. The molecule has 0 radical (unpaired) electrons. The lowest BCUT2D eigenvalue weighted by molar-refractivity contribution is -0.137. The molecule has 1 aromatic carbocycles. The second-order valence-electron chi connectivity index (χ2n) is 4.17. The van der Waals surface area contributed by atoms with Crippen LogP contribution in [0.15, 0.2) is 24.3 Å². The minimum Gasteiger partial charge on any atom is -0.372 e. The van der Waals surface area contributed by atoms with Gasteiger partial charge in [0, 0.05) is 6.42 Å². The fourth-order valence-corrected chi connectivity index (χ4v) is 2.21. The number of benzene rings is 1. The average Bonchev–Trinajstić information content (AvgIpc) is 2.27. The summed E-state index contributed by atoms with van der Waals surface area (Å²) in [5.74, 6) is 0. The van der Waals surface area contributed by atoms with Crippen LogP contribution in [0.2, 0.25) is 0 Å². The van der Waals surface area contributed by atoms with Crippen LogP contribution in [-0.2, 0) is 26.9 Å². The van der Waals surface area contributed by atoms with Crippen molar-refractivity contribution in [2.24, 2.45) is 0 Å². The van der Waals surface area contributed by atoms with Crippen molar-refractivity contribution in [3.8, 4) is 0 Å². The first-order valence-electron chi connectivity index (χ1n) is 5.18. The minimum atomic E-state index is -4.53. The summed E-state index contributed by atoms with van der Waals surface area (Å²) in [4.78, 5) is -2.30. The van der Waals surface area contributed by atoms with Gasteiger partial charge < -0.3 is 5.11 Å². The lowest BCUT2D eigenvalue weighted by Gasteiger charge is -2.22. The normalized spacial score (nSPS) is 16.1. The molecule has 0 saturated heterocycles. The highest BCUT2D eigenvalue weighted by atomic mass is 32.2. The van der Waals surface area contributed by atoms with E-state index in [-0.39, 0.29) is 5.56 Å². The molecule has 0 aliphatic carbocycles. The molecule has 0 aliphatic heterocycles. The van der Waals surface area contributed by atoms with E-state index in [1.165, 1.54) is 6.07 Å². The van der Waals surface area contributed by atoms with E-state index in [9.17, 15) is 26.7 Å². The molecule has 0 aromatic heterocycles. The Morgan fingerprint density at radius 1 is 1.32 bits per heavy atom. The van der Waals surface area contributed by atoms with Crippen LogP contribution in [0, 0.1) is 0 Å². The standard InChI is InChI=1S/C11H13F3O4S/c1-10(15,19(16,17)18-2)7-8-4-3-5-9(6-8)11(12,13)14/h3-6,15H,7H2,1-2H3. The number of hydrogen-bond donors (Lipinski definition) is 1. The molecule has 0 saturated carbocycles. The van der Waals surface area contributed by atoms with Crippen molar-refractivity contribution in [1.29, 1.82) is 0 Å². The van der Waals surface area contributed by atoms with Crippen LogP contribution in [0.25, 0.3) is 0 Å². The molecular formula is C11H13F3O4S. The van der Waals surface area contributed by atoms with Crippen LogP contribution >= 0.6 is 0 Å². The maximum absolute atomic E-state index is 12.5. The highest BCUT2D eigenvalue weighted by molar-refractivity contribution is 7.87. The van der Waals surface area contributed by atoms with Crippen molar-refractivity contribution in [1.82, 2.24) is 0 Å². The van der Waals surface area contributed by atoms with Crippen molar-refractivity contribution in [3.05, 3.63) is 35.4 Å². The third-order valence-corrected chi connectivity index (χ3v) is 4.20. The lowest BCUT2D eigenvalue weighted by atomic mass is 10.1. The maximum Gasteiger partial charge on any atom is 0.416 e. The van der Waals surface area contributed by atoms with Crippen molar-refractivity contribution in [3.63, 3.8) is 0 Å². The van der Waals surface area contributed by atoms with Gasteiger partial charge in [0.15, 0.2) is 4.93 Å². The first-order chi connectivity index (χ1) is 8.49. The topological polar surface area (TPSA) is 63.6 Å². The summed E-state index contributed by atoms with van der Waals surface area (Å²) >= 11 is 0. The quantitative estimate of drug-likeness (QED) is 0.863. The molecule has 0 aliphatic rings. The summed E-state index contributed by atoms with van der Waals surface area (Å²) in [6, 6.07) is 4.10. The van der Waals surface area contributed by atoms with Crippen molar-refractivity contribution >= 4 is 10.1 Å². The Kier molecular flexibility index (Phi) is 4.28. The SMILES string of the molecule is COS(=O)(=O)C(C)(O)Cc1cccc(C(F)(F)F)c1. The number of aliphatic hydroxyl groups is 1. The molecule has 0 fully saturated rings. The Morgan fingerprint density at radius 3 is 2.37 bits per heavy atom. The van der Waals surface area contributed by atoms with Crippen LogP contribution in [0.3, 0.4) is 0 Å². The van der Waals surface area contributed by atoms with E-state index in [1.54, 1.807) is 0 Å². The largest absolute Gasteiger partial charge is 0.416 e. The van der Waals surface area contributed by atoms with Crippen LogP contribution in [0.5, 0.6) is 0 Å². The predicted molar refractivity (Wildman–Crippen MR) is 61.7 cm³/mol. The molecule has 1 unspecified atom stereocenters. The molecule has 19 heavy (non-hydrogen) atoms. The molecule has 0 amide bonds. The van der Waals surface area contributed by atoms with Gasteiger partial charge in [-0.25, -0.2) is 0 Å². The fourth-order valence-electron chi connectivity index (χ4n) is 1.50. The van der Waals surface area contributed by atoms with Gasteiger partial charge in [-0.1, -0.05) is 18.2 Å². The zero-order valence-corrected chi connectivity index (χ0v) is 11.0. The van der Waals surface area contributed by atoms with E-state index in [1.807, 2.05) is 0 Å². The molecule has 108 valence electrons. The van der Waals surface area contributed by atoms with Crippen LogP contribution in [0.4, 0.5) is 13.2 Å². The van der Waals surface area contributed by atoms with Gasteiger partial charge in [-0.15, -0.1) is 0 Å². The van der Waals surface area contributed by atoms with E-state index in [4.69, 9.17) is 0 Å². The molecule has 1 atom stereocenters. The minimum absolute atomic E-state index is 0.0421. The highest BCUT2D eigenvalue weighted by Gasteiger charge is 2.38. The Hall–Kier alpha value is -1.12. The molecule has 0 bridgehead atoms. The van der Waals surface area contributed by atoms with Crippen LogP contribution in [-0.4, -0.2) is 25.6 Å². The average molecular weight is 298 g/mol. The van der Waals surface area contributed by atoms with Gasteiger partial charge in [0.05, 0.1) is 12.7 Å². The van der Waals surface area contributed by atoms with E-state index in [0.29, 0.717) is 0 Å². The summed E-state index contributed by atoms with van der Waals surface area (Å²) in [5.41, 5.74) is -0.865. The van der Waals surface area contributed by atoms with Crippen LogP contribution < -0.4 is 0 Å². The van der Waals surface area contributed by atoms with Gasteiger partial charge in [-0.3, -0.25) is 4.18 Å². The first-order valence-corrected chi connectivity index (χ1v) is 6.59.